The Labute approximate surface area is 68.9 Å². The molecule has 6 nitrogen and oxygen atoms in total. The minimum Gasteiger partial charge on any atom is -0.480 e. The van der Waals surface area contributed by atoms with Gasteiger partial charge in [0, 0.05) is 0 Å². The summed E-state index contributed by atoms with van der Waals surface area (Å²) in [6, 6.07) is 0. The molecule has 3 N–H and O–H groups in total. The first-order valence-electron chi connectivity index (χ1n) is 3.25. The van der Waals surface area contributed by atoms with Gasteiger partial charge < -0.3 is 5.11 Å². The third-order valence-electron chi connectivity index (χ3n) is 0.877. The van der Waals surface area contributed by atoms with Crippen molar-refractivity contribution in [2.45, 2.75) is 13.3 Å². The van der Waals surface area contributed by atoms with Gasteiger partial charge in [0.1, 0.15) is 12.3 Å². The van der Waals surface area contributed by atoms with Crippen molar-refractivity contribution in [2.75, 3.05) is 6.54 Å². The van der Waals surface area contributed by atoms with Gasteiger partial charge in [-0.3, -0.25) is 19.8 Å². The minimum absolute atomic E-state index is 0.243. The van der Waals surface area contributed by atoms with Crippen LogP contribution in [-0.2, 0) is 14.4 Å². The number of hydrogen-bond acceptors (Lipinski definition) is 4. The van der Waals surface area contributed by atoms with Gasteiger partial charge in [0.05, 0.1) is 6.42 Å². The van der Waals surface area contributed by atoms with E-state index in [-0.39, 0.29) is 18.7 Å². The van der Waals surface area contributed by atoms with E-state index in [1.165, 1.54) is 6.92 Å². The summed E-state index contributed by atoms with van der Waals surface area (Å²) in [5, 5.41) is 8.13. The lowest BCUT2D eigenvalue weighted by molar-refractivity contribution is -0.136. The molecule has 0 aromatic heterocycles. The molecule has 0 rings (SSSR count). The smallest absolute Gasteiger partial charge is 0.319 e. The van der Waals surface area contributed by atoms with E-state index < -0.39 is 11.9 Å². The lowest BCUT2D eigenvalue weighted by Gasteiger charge is -2.02. The maximum Gasteiger partial charge on any atom is 0.319 e. The molecule has 0 aliphatic heterocycles. The number of aliphatic carboxylic acids is 1. The normalized spacial score (nSPS) is 9.08. The molecule has 0 aromatic rings. The maximum atomic E-state index is 10.6. The highest BCUT2D eigenvalue weighted by Crippen LogP contribution is 1.78. The average Bonchev–Trinajstić information content (AvgIpc) is 1.84. The Bertz CT molecular complexity index is 202. The van der Waals surface area contributed by atoms with Gasteiger partial charge in [-0.05, 0) is 6.92 Å². The summed E-state index contributed by atoms with van der Waals surface area (Å²) in [6.45, 7) is 0.903. The molecule has 0 radical (unpaired) electrons. The van der Waals surface area contributed by atoms with Crippen LogP contribution in [0.25, 0.3) is 0 Å². The van der Waals surface area contributed by atoms with E-state index in [9.17, 15) is 14.4 Å². The van der Waals surface area contributed by atoms with Gasteiger partial charge in [-0.15, -0.1) is 0 Å². The zero-order chi connectivity index (χ0) is 9.56. The molecule has 12 heavy (non-hydrogen) atoms. The van der Waals surface area contributed by atoms with Gasteiger partial charge in [-0.25, -0.2) is 5.43 Å². The van der Waals surface area contributed by atoms with Crippen molar-refractivity contribution in [3.8, 4) is 0 Å². The first-order chi connectivity index (χ1) is 5.52. The van der Waals surface area contributed by atoms with Gasteiger partial charge in [0.2, 0.25) is 5.91 Å². The standard InChI is InChI=1S/C6H10N2O4/c1-4(9)2-5(10)8-7-3-6(11)12/h7H,2-3H2,1H3,(H,8,10)(H,11,12). The molecule has 0 aromatic carbocycles. The molecular formula is C6H10N2O4. The van der Waals surface area contributed by atoms with E-state index in [1.807, 2.05) is 0 Å². The topological polar surface area (TPSA) is 95.5 Å². The number of carbonyl (C=O) groups excluding carboxylic acids is 2. The number of Topliss-reactive ketones (excluding diaryl/α,β-unsaturated/α-hetero) is 1. The zero-order valence-corrected chi connectivity index (χ0v) is 6.59. The van der Waals surface area contributed by atoms with Crippen LogP contribution in [0, 0.1) is 0 Å². The first kappa shape index (κ1) is 10.6. The molecule has 1 amide bonds. The summed E-state index contributed by atoms with van der Waals surface area (Å²) >= 11 is 0. The third-order valence-corrected chi connectivity index (χ3v) is 0.877. The van der Waals surface area contributed by atoms with E-state index in [4.69, 9.17) is 5.11 Å². The monoisotopic (exact) mass is 174 g/mol. The van der Waals surface area contributed by atoms with Gasteiger partial charge >= 0.3 is 5.97 Å². The molecular weight excluding hydrogens is 164 g/mol. The second kappa shape index (κ2) is 5.25. The Morgan fingerprint density at radius 1 is 1.33 bits per heavy atom. The number of amides is 1. The molecule has 0 bridgehead atoms. The molecule has 0 aliphatic carbocycles. The second-order valence-electron chi connectivity index (χ2n) is 2.17. The summed E-state index contributed by atoms with van der Waals surface area (Å²) in [4.78, 5) is 30.9. The highest BCUT2D eigenvalue weighted by Gasteiger charge is 2.03. The minimum atomic E-state index is -1.09. The lowest BCUT2D eigenvalue weighted by atomic mass is 10.3. The predicted molar refractivity (Wildman–Crippen MR) is 39.1 cm³/mol. The first-order valence-corrected chi connectivity index (χ1v) is 3.25. The average molecular weight is 174 g/mol. The SMILES string of the molecule is CC(=O)CC(=O)NNCC(=O)O. The summed E-state index contributed by atoms with van der Waals surface area (Å²) in [5.74, 6) is -1.90. The molecule has 0 saturated heterocycles. The van der Waals surface area contributed by atoms with Crippen molar-refractivity contribution in [1.29, 1.82) is 0 Å². The Kier molecular flexibility index (Phi) is 4.62. The molecule has 0 atom stereocenters. The molecule has 0 heterocycles. The number of carbonyl (C=O) groups is 3. The van der Waals surface area contributed by atoms with Crippen LogP contribution in [0.15, 0.2) is 0 Å². The zero-order valence-electron chi connectivity index (χ0n) is 6.59. The molecule has 68 valence electrons. The Balaban J connectivity index is 3.44. The van der Waals surface area contributed by atoms with Crippen LogP contribution >= 0.6 is 0 Å². The quantitative estimate of drug-likeness (QED) is 0.354. The molecule has 0 saturated carbocycles. The van der Waals surface area contributed by atoms with Crippen LogP contribution < -0.4 is 10.9 Å². The third kappa shape index (κ3) is 6.69. The highest BCUT2D eigenvalue weighted by molar-refractivity contribution is 5.96. The van der Waals surface area contributed by atoms with Crippen LogP contribution in [0.3, 0.4) is 0 Å². The summed E-state index contributed by atoms with van der Waals surface area (Å²) in [7, 11) is 0. The van der Waals surface area contributed by atoms with Crippen molar-refractivity contribution in [2.24, 2.45) is 0 Å². The number of nitrogens with one attached hydrogen (secondary N) is 2. The molecule has 0 spiro atoms. The summed E-state index contributed by atoms with van der Waals surface area (Å²) < 4.78 is 0. The van der Waals surface area contributed by atoms with E-state index >= 15 is 0 Å². The van der Waals surface area contributed by atoms with E-state index in [2.05, 4.69) is 10.9 Å². The summed E-state index contributed by atoms with van der Waals surface area (Å²) in [6.07, 6.45) is -0.243. The molecule has 0 aliphatic rings. The van der Waals surface area contributed by atoms with Crippen molar-refractivity contribution < 1.29 is 19.5 Å². The van der Waals surface area contributed by atoms with Gasteiger partial charge in [0.15, 0.2) is 0 Å². The molecule has 0 unspecified atom stereocenters. The Hall–Kier alpha value is -1.43. The van der Waals surface area contributed by atoms with Gasteiger partial charge in [-0.2, -0.15) is 0 Å². The molecule has 0 fully saturated rings. The second-order valence-corrected chi connectivity index (χ2v) is 2.17. The number of hydrazine groups is 1. The summed E-state index contributed by atoms with van der Waals surface area (Å²) in [5.41, 5.74) is 4.19. The van der Waals surface area contributed by atoms with Crippen LogP contribution in [0.5, 0.6) is 0 Å². The van der Waals surface area contributed by atoms with E-state index in [0.717, 1.165) is 0 Å². The number of carboxylic acid groups (broad SMARTS) is 1. The number of hydrogen-bond donors (Lipinski definition) is 3. The maximum absolute atomic E-state index is 10.6. The van der Waals surface area contributed by atoms with Gasteiger partial charge in [-0.1, -0.05) is 0 Å². The van der Waals surface area contributed by atoms with Crippen molar-refractivity contribution >= 4 is 17.7 Å². The predicted octanol–water partition coefficient (Wildman–Crippen LogP) is -1.33. The molecule has 6 heteroatoms. The van der Waals surface area contributed by atoms with Crippen molar-refractivity contribution in [3.05, 3.63) is 0 Å². The van der Waals surface area contributed by atoms with E-state index in [0.29, 0.717) is 0 Å². The van der Waals surface area contributed by atoms with Crippen LogP contribution in [0.2, 0.25) is 0 Å². The van der Waals surface area contributed by atoms with Crippen molar-refractivity contribution in [3.63, 3.8) is 0 Å². The van der Waals surface area contributed by atoms with Crippen LogP contribution in [0.4, 0.5) is 0 Å². The van der Waals surface area contributed by atoms with Crippen LogP contribution in [-0.4, -0.2) is 29.3 Å². The highest BCUT2D eigenvalue weighted by atomic mass is 16.4. The fraction of sp³-hybridized carbons (Fsp3) is 0.500. The Morgan fingerprint density at radius 2 is 1.92 bits per heavy atom. The number of rotatable bonds is 5. The Morgan fingerprint density at radius 3 is 2.33 bits per heavy atom. The lowest BCUT2D eigenvalue weighted by Crippen LogP contribution is -2.40. The number of carboxylic acids is 1. The number of ketones is 1. The fourth-order valence-electron chi connectivity index (χ4n) is 0.489. The van der Waals surface area contributed by atoms with Crippen molar-refractivity contribution in [1.82, 2.24) is 10.9 Å². The van der Waals surface area contributed by atoms with Crippen LogP contribution in [0.1, 0.15) is 13.3 Å². The fourth-order valence-corrected chi connectivity index (χ4v) is 0.489. The largest absolute Gasteiger partial charge is 0.480 e. The van der Waals surface area contributed by atoms with Gasteiger partial charge in [0.25, 0.3) is 0 Å². The van der Waals surface area contributed by atoms with E-state index in [1.54, 1.807) is 0 Å².